The third-order valence-corrected chi connectivity index (χ3v) is 11.4. The molecule has 0 saturated heterocycles. The van der Waals surface area contributed by atoms with Crippen molar-refractivity contribution in [2.24, 2.45) is 0 Å². The molecule has 6 N–H and O–H groups in total. The first kappa shape index (κ1) is 51.0. The Kier molecular flexibility index (Phi) is 12.0. The van der Waals surface area contributed by atoms with Crippen molar-refractivity contribution in [1.82, 2.24) is 0 Å². The molecule has 350 valence electrons. The molecular weight excluding hydrogens is 957 g/mol. The summed E-state index contributed by atoms with van der Waals surface area (Å²) in [5.74, 6) is -107. The summed E-state index contributed by atoms with van der Waals surface area (Å²) in [5.41, 5.74) is 0. The van der Waals surface area contributed by atoms with Crippen molar-refractivity contribution in [1.29, 1.82) is 0 Å². The molecule has 0 fully saturated rings. The smallest absolute Gasteiger partial charge is 0.460 e. The van der Waals surface area contributed by atoms with E-state index >= 15 is 17.6 Å². The fraction of sp³-hybridized carbons (Fsp3) is 0.367. The normalized spacial score (nSPS) is 15.1. The summed E-state index contributed by atoms with van der Waals surface area (Å²) in [6, 6.07) is 3.34. The Hall–Kier alpha value is -5.33. The van der Waals surface area contributed by atoms with Crippen LogP contribution in [0.2, 0.25) is 0 Å². The molecule has 0 amide bonds. The molecule has 0 aromatic heterocycles. The number of phenolic OH excluding ortho intramolecular Hbond substituents is 6. The van der Waals surface area contributed by atoms with Crippen molar-refractivity contribution in [3.8, 4) is 34.5 Å². The number of aromatic hydroxyl groups is 6. The Morgan fingerprint density at radius 2 is 0.661 bits per heavy atom. The molecule has 0 heterocycles. The summed E-state index contributed by atoms with van der Waals surface area (Å²) >= 11 is 0. The topological polar surface area (TPSA) is 148 Å². The van der Waals surface area contributed by atoms with E-state index in [4.69, 9.17) is 0 Å². The number of rotatable bonds is 14. The average molecular weight is 972 g/mol. The fourth-order valence-electron chi connectivity index (χ4n) is 4.89. The third-order valence-electron chi connectivity index (χ3n) is 8.08. The molecule has 0 aliphatic heterocycles. The first-order valence-electron chi connectivity index (χ1n) is 14.8. The second kappa shape index (κ2) is 14.6. The zero-order valence-electron chi connectivity index (χ0n) is 28.3. The molecule has 3 aromatic carbocycles. The van der Waals surface area contributed by atoms with Gasteiger partial charge in [0.2, 0.25) is 0 Å². The number of carbonyl (C=O) groups excluding carboxylic acids is 1. The zero-order chi connectivity index (χ0) is 48.8. The molecule has 0 aliphatic carbocycles. The summed E-state index contributed by atoms with van der Waals surface area (Å²) in [5, 5.41) is 62.0. The van der Waals surface area contributed by atoms with Gasteiger partial charge in [-0.25, -0.2) is 4.79 Å². The summed E-state index contributed by atoms with van der Waals surface area (Å²) < 4.78 is 327. The summed E-state index contributed by atoms with van der Waals surface area (Å²) in [6.45, 7) is 0. The van der Waals surface area contributed by atoms with Crippen molar-refractivity contribution < 1.29 is 141 Å². The van der Waals surface area contributed by atoms with Crippen LogP contribution >= 0.6 is 10.3 Å². The van der Waals surface area contributed by atoms with E-state index < -0.39 is 131 Å². The van der Waals surface area contributed by atoms with Crippen LogP contribution in [-0.4, -0.2) is 102 Å². The van der Waals surface area contributed by atoms with E-state index in [9.17, 15) is 119 Å². The molecule has 3 rings (SSSR count). The zero-order valence-corrected chi connectivity index (χ0v) is 29.1. The molecule has 32 heteroatoms. The van der Waals surface area contributed by atoms with Gasteiger partial charge in [0, 0.05) is 39.5 Å². The van der Waals surface area contributed by atoms with Gasteiger partial charge in [-0.15, -0.1) is 0 Å². The van der Waals surface area contributed by atoms with Crippen molar-refractivity contribution >= 4 is 16.3 Å². The van der Waals surface area contributed by atoms with Crippen molar-refractivity contribution in [2.75, 3.05) is 0 Å². The van der Waals surface area contributed by atoms with Gasteiger partial charge in [-0.2, -0.15) is 101 Å². The third kappa shape index (κ3) is 6.67. The van der Waals surface area contributed by atoms with Gasteiger partial charge in [-0.1, -0.05) is 18.2 Å². The van der Waals surface area contributed by atoms with E-state index in [0.717, 1.165) is 6.07 Å². The molecule has 0 unspecified atom stereocenters. The summed E-state index contributed by atoms with van der Waals surface area (Å²) in [6.07, 6.45) is -8.24. The molecule has 3 aromatic rings. The molecular formula is C30H15F23O8S. The van der Waals surface area contributed by atoms with Crippen LogP contribution in [0.4, 0.5) is 101 Å². The number of hydrogen-bond donors (Lipinski definition) is 6. The predicted molar refractivity (Wildman–Crippen MR) is 153 cm³/mol. The SMILES string of the molecule is O=C(OS(c1ccccc1)(c1c(O)cc(O)cc1O)c1c(O)cc(O)cc1O)C(F)(F)C(F)(F)C(F)(F)C(F)(F)C(F)(F)C(F)(F)C(F)(F)C(F)(F)C(F)(F)C(F)(F)C(F)(F)F. The van der Waals surface area contributed by atoms with Crippen LogP contribution in [0.15, 0.2) is 69.3 Å². The summed E-state index contributed by atoms with van der Waals surface area (Å²) in [7, 11) is -5.72. The van der Waals surface area contributed by atoms with Crippen molar-refractivity contribution in [3.63, 3.8) is 0 Å². The quantitative estimate of drug-likeness (QED) is 0.0876. The van der Waals surface area contributed by atoms with Crippen LogP contribution in [0.25, 0.3) is 0 Å². The van der Waals surface area contributed by atoms with E-state index in [1.165, 1.54) is 0 Å². The van der Waals surface area contributed by atoms with Gasteiger partial charge in [0.15, 0.2) is 0 Å². The van der Waals surface area contributed by atoms with Crippen molar-refractivity contribution in [2.45, 2.75) is 80.1 Å². The van der Waals surface area contributed by atoms with Crippen LogP contribution in [0, 0.1) is 0 Å². The number of alkyl halides is 23. The summed E-state index contributed by atoms with van der Waals surface area (Å²) in [4.78, 5) is 8.15. The van der Waals surface area contributed by atoms with Gasteiger partial charge in [0.05, 0.1) is 0 Å². The van der Waals surface area contributed by atoms with Crippen LogP contribution < -0.4 is 0 Å². The largest absolute Gasteiger partial charge is 0.508 e. The highest BCUT2D eigenvalue weighted by atomic mass is 32.3. The maximum absolute atomic E-state index is 15.4. The molecule has 0 radical (unpaired) electrons. The first-order valence-corrected chi connectivity index (χ1v) is 16.4. The first-order chi connectivity index (χ1) is 27.4. The maximum atomic E-state index is 15.4. The minimum atomic E-state index is -9.72. The number of carbonyl (C=O) groups is 1. The van der Waals surface area contributed by atoms with Gasteiger partial charge in [-0.3, -0.25) is 0 Å². The molecule has 0 spiro atoms. The maximum Gasteiger partial charge on any atom is 0.460 e. The second-order valence-electron chi connectivity index (χ2n) is 12.1. The van der Waals surface area contributed by atoms with E-state index in [2.05, 4.69) is 4.18 Å². The predicted octanol–water partition coefficient (Wildman–Crippen LogP) is 10.6. The molecule has 8 nitrogen and oxygen atoms in total. The minimum Gasteiger partial charge on any atom is -0.508 e. The van der Waals surface area contributed by atoms with Gasteiger partial charge in [-0.05, 0) is 12.1 Å². The lowest BCUT2D eigenvalue weighted by molar-refractivity contribution is -0.477. The van der Waals surface area contributed by atoms with E-state index in [-0.39, 0.29) is 24.3 Å². The number of hydrogen-bond acceptors (Lipinski definition) is 8. The van der Waals surface area contributed by atoms with Gasteiger partial charge >= 0.3 is 71.4 Å². The highest BCUT2D eigenvalue weighted by Crippen LogP contribution is 2.78. The van der Waals surface area contributed by atoms with Crippen LogP contribution in [0.3, 0.4) is 0 Å². The Labute approximate surface area is 326 Å². The van der Waals surface area contributed by atoms with Gasteiger partial charge in [0.25, 0.3) is 0 Å². The average Bonchev–Trinajstić information content (AvgIpc) is 3.09. The number of benzene rings is 3. The van der Waals surface area contributed by atoms with Gasteiger partial charge < -0.3 is 34.8 Å². The molecule has 0 bridgehead atoms. The lowest BCUT2D eigenvalue weighted by atomic mass is 9.85. The van der Waals surface area contributed by atoms with E-state index in [1.54, 1.807) is 0 Å². The molecule has 0 saturated carbocycles. The molecule has 0 atom stereocenters. The number of phenols is 6. The molecule has 0 aliphatic rings. The lowest BCUT2D eigenvalue weighted by Crippen LogP contribution is -2.78. The molecule has 62 heavy (non-hydrogen) atoms. The van der Waals surface area contributed by atoms with Crippen LogP contribution in [-0.2, 0) is 8.98 Å². The number of halogens is 23. The Bertz CT molecular complexity index is 2090. The second-order valence-corrected chi connectivity index (χ2v) is 14.7. The van der Waals surface area contributed by atoms with Gasteiger partial charge in [0.1, 0.15) is 44.3 Å². The lowest BCUT2D eigenvalue weighted by Gasteiger charge is -2.45. The minimum absolute atomic E-state index is 0.0330. The van der Waals surface area contributed by atoms with Crippen molar-refractivity contribution in [3.05, 3.63) is 54.6 Å². The van der Waals surface area contributed by atoms with Crippen LogP contribution in [0.1, 0.15) is 0 Å². The highest BCUT2D eigenvalue weighted by Gasteiger charge is 2.99. The Balaban J connectivity index is 2.37. The van der Waals surface area contributed by atoms with Crippen LogP contribution in [0.5, 0.6) is 34.5 Å². The monoisotopic (exact) mass is 972 g/mol. The van der Waals surface area contributed by atoms with E-state index in [1.807, 2.05) is 0 Å². The fourth-order valence-corrected chi connectivity index (χ4v) is 8.11. The van der Waals surface area contributed by atoms with E-state index in [0.29, 0.717) is 24.3 Å². The standard InChI is InChI=1S/C30H15F23O8S/c31-20(32,19(60)61-62(12-4-2-1-3-5-12,17-13(56)6-10(54)7-14(17)57)18-15(58)8-11(55)9-16(18)59)21(33,34)22(35,36)23(37,38)24(39,40)25(41,42)26(43,44)27(45,46)28(47,48)29(49,50)30(51,52)53/h1-9,54-59H. The Morgan fingerprint density at radius 3 is 0.935 bits per heavy atom. The Morgan fingerprint density at radius 1 is 0.403 bits per heavy atom. The highest BCUT2D eigenvalue weighted by molar-refractivity contribution is 8.30.